The van der Waals surface area contributed by atoms with E-state index in [1.807, 2.05) is 4.72 Å². The van der Waals surface area contributed by atoms with Crippen LogP contribution in [0.5, 0.6) is 0 Å². The van der Waals surface area contributed by atoms with Crippen LogP contribution in [0.1, 0.15) is 25.7 Å². The Morgan fingerprint density at radius 3 is 2.59 bits per heavy atom. The minimum absolute atomic E-state index is 0.0104. The minimum Gasteiger partial charge on any atom is -0.452 e. The van der Waals surface area contributed by atoms with Gasteiger partial charge in [0.25, 0.3) is 0 Å². The molecule has 1 N–H and O–H groups in total. The van der Waals surface area contributed by atoms with Crippen LogP contribution in [0.2, 0.25) is 0 Å². The molecule has 0 saturated heterocycles. The fourth-order valence-electron chi connectivity index (χ4n) is 1.59. The van der Waals surface area contributed by atoms with E-state index in [2.05, 4.69) is 20.7 Å². The molecule has 8 heteroatoms. The van der Waals surface area contributed by atoms with E-state index < -0.39 is 16.3 Å². The van der Waals surface area contributed by atoms with Crippen molar-refractivity contribution in [2.75, 3.05) is 19.0 Å². The predicted octanol–water partition coefficient (Wildman–Crippen LogP) is 1.23. The molecule has 0 aromatic rings. The highest BCUT2D eigenvalue weighted by Gasteiger charge is 2.34. The van der Waals surface area contributed by atoms with Gasteiger partial charge in [-0.15, -0.1) is 0 Å². The second kappa shape index (κ2) is 6.55. The number of hydrogen-bond donors (Lipinski definition) is 1. The fraction of sp³-hybridized carbons (Fsp3) is 0.889. The van der Waals surface area contributed by atoms with Crippen LogP contribution in [-0.2, 0) is 14.9 Å². The molecule has 0 unspecified atom stereocenters. The molecule has 1 rings (SSSR count). The molecule has 0 bridgehead atoms. The van der Waals surface area contributed by atoms with Gasteiger partial charge in [-0.05, 0) is 19.3 Å². The Morgan fingerprint density at radius 2 is 2.18 bits per heavy atom. The molecule has 0 atom stereocenters. The smallest absolute Gasteiger partial charge is 0.421 e. The van der Waals surface area contributed by atoms with Crippen LogP contribution in [0.3, 0.4) is 0 Å². The van der Waals surface area contributed by atoms with E-state index in [0.717, 1.165) is 31.7 Å². The summed E-state index contributed by atoms with van der Waals surface area (Å²) in [7, 11) is -2.64. The molecule has 0 spiro atoms. The highest BCUT2D eigenvalue weighted by atomic mass is 79.9. The third-order valence-electron chi connectivity index (χ3n) is 2.70. The number of halogens is 1. The lowest BCUT2D eigenvalue weighted by molar-refractivity contribution is 0.174. The van der Waals surface area contributed by atoms with Crippen molar-refractivity contribution in [3.63, 3.8) is 0 Å². The zero-order chi connectivity index (χ0) is 12.9. The van der Waals surface area contributed by atoms with Crippen LogP contribution in [0.15, 0.2) is 0 Å². The van der Waals surface area contributed by atoms with Gasteiger partial charge in [0, 0.05) is 17.9 Å². The van der Waals surface area contributed by atoms with Gasteiger partial charge in [-0.1, -0.05) is 22.4 Å². The SMILES string of the molecule is COC(=O)NS(=O)(=O)N(CCCBr)C1CCC1. The zero-order valence-electron chi connectivity index (χ0n) is 9.69. The molecule has 1 amide bonds. The van der Waals surface area contributed by atoms with Crippen LogP contribution >= 0.6 is 15.9 Å². The fourth-order valence-corrected chi connectivity index (χ4v) is 3.23. The molecule has 1 saturated carbocycles. The highest BCUT2D eigenvalue weighted by Crippen LogP contribution is 2.26. The number of hydrogen-bond acceptors (Lipinski definition) is 4. The van der Waals surface area contributed by atoms with E-state index in [9.17, 15) is 13.2 Å². The maximum atomic E-state index is 11.9. The average Bonchev–Trinajstić information content (AvgIpc) is 2.20. The van der Waals surface area contributed by atoms with E-state index >= 15 is 0 Å². The monoisotopic (exact) mass is 328 g/mol. The van der Waals surface area contributed by atoms with Gasteiger partial charge in [0.1, 0.15) is 0 Å². The highest BCUT2D eigenvalue weighted by molar-refractivity contribution is 9.09. The average molecular weight is 329 g/mol. The number of carbonyl (C=O) groups excluding carboxylic acids is 1. The van der Waals surface area contributed by atoms with Crippen LogP contribution in [-0.4, -0.2) is 43.8 Å². The maximum Gasteiger partial charge on any atom is 0.421 e. The summed E-state index contributed by atoms with van der Waals surface area (Å²) >= 11 is 3.26. The van der Waals surface area contributed by atoms with Gasteiger partial charge in [0.2, 0.25) is 0 Å². The summed E-state index contributed by atoms with van der Waals surface area (Å²) in [6, 6.07) is 0.0104. The molecule has 100 valence electrons. The number of rotatable bonds is 6. The maximum absolute atomic E-state index is 11.9. The first-order valence-corrected chi connectivity index (χ1v) is 8.01. The van der Waals surface area contributed by atoms with Crippen molar-refractivity contribution in [3.05, 3.63) is 0 Å². The Kier molecular flexibility index (Phi) is 5.68. The second-order valence-electron chi connectivity index (χ2n) is 3.84. The third-order valence-corrected chi connectivity index (χ3v) is 4.78. The summed E-state index contributed by atoms with van der Waals surface area (Å²) in [5.41, 5.74) is 0. The molecule has 1 aliphatic carbocycles. The Hall–Kier alpha value is -0.340. The number of methoxy groups -OCH3 is 1. The van der Waals surface area contributed by atoms with Gasteiger partial charge in [-0.2, -0.15) is 12.7 Å². The first kappa shape index (κ1) is 14.7. The number of ether oxygens (including phenoxy) is 1. The van der Waals surface area contributed by atoms with Gasteiger partial charge < -0.3 is 4.74 Å². The molecule has 6 nitrogen and oxygen atoms in total. The van der Waals surface area contributed by atoms with Crippen molar-refractivity contribution in [1.29, 1.82) is 0 Å². The molecular formula is C9H17BrN2O4S. The normalized spacial score (nSPS) is 16.6. The zero-order valence-corrected chi connectivity index (χ0v) is 12.1. The molecular weight excluding hydrogens is 312 g/mol. The van der Waals surface area contributed by atoms with Crippen molar-refractivity contribution >= 4 is 32.2 Å². The Morgan fingerprint density at radius 1 is 1.53 bits per heavy atom. The van der Waals surface area contributed by atoms with Crippen LogP contribution in [0.4, 0.5) is 4.79 Å². The lowest BCUT2D eigenvalue weighted by atomic mass is 9.93. The predicted molar refractivity (Wildman–Crippen MR) is 67.2 cm³/mol. The van der Waals surface area contributed by atoms with Gasteiger partial charge in [0.05, 0.1) is 7.11 Å². The van der Waals surface area contributed by atoms with Gasteiger partial charge in [-0.3, -0.25) is 0 Å². The summed E-state index contributed by atoms with van der Waals surface area (Å²) in [6.45, 7) is 0.405. The van der Waals surface area contributed by atoms with Gasteiger partial charge >= 0.3 is 16.3 Å². The minimum atomic E-state index is -3.78. The summed E-state index contributed by atoms with van der Waals surface area (Å²) in [6.07, 6.45) is 2.49. The Labute approximate surface area is 110 Å². The van der Waals surface area contributed by atoms with Crippen molar-refractivity contribution < 1.29 is 17.9 Å². The standard InChI is InChI=1S/C9H17BrN2O4S/c1-16-9(13)11-17(14,15)12(7-3-6-10)8-4-2-5-8/h8H,2-7H2,1H3,(H,11,13). The third kappa shape index (κ3) is 4.11. The Balaban J connectivity index is 2.69. The molecule has 0 aromatic heterocycles. The molecule has 0 heterocycles. The number of nitrogens with zero attached hydrogens (tertiary/aromatic N) is 1. The first-order chi connectivity index (χ1) is 8.01. The summed E-state index contributed by atoms with van der Waals surface area (Å²) in [5.74, 6) is 0. The van der Waals surface area contributed by atoms with Crippen LogP contribution in [0.25, 0.3) is 0 Å². The summed E-state index contributed by atoms with van der Waals surface area (Å²) in [5, 5.41) is 0.726. The van der Waals surface area contributed by atoms with Crippen molar-refractivity contribution in [1.82, 2.24) is 9.03 Å². The number of nitrogens with one attached hydrogen (secondary N) is 1. The summed E-state index contributed by atoms with van der Waals surface area (Å²) < 4.78 is 31.4. The van der Waals surface area contributed by atoms with Gasteiger partial charge in [0.15, 0.2) is 0 Å². The molecule has 0 aromatic carbocycles. The number of amides is 1. The lowest BCUT2D eigenvalue weighted by Crippen LogP contribution is -2.51. The van der Waals surface area contributed by atoms with Crippen LogP contribution < -0.4 is 4.72 Å². The Bertz CT molecular complexity index is 356. The first-order valence-electron chi connectivity index (χ1n) is 5.44. The molecule has 17 heavy (non-hydrogen) atoms. The largest absolute Gasteiger partial charge is 0.452 e. The van der Waals surface area contributed by atoms with Crippen molar-refractivity contribution in [3.8, 4) is 0 Å². The van der Waals surface area contributed by atoms with Crippen molar-refractivity contribution in [2.24, 2.45) is 0 Å². The second-order valence-corrected chi connectivity index (χ2v) is 6.25. The molecule has 0 aliphatic heterocycles. The summed E-state index contributed by atoms with van der Waals surface area (Å²) in [4.78, 5) is 11.0. The lowest BCUT2D eigenvalue weighted by Gasteiger charge is -2.35. The molecule has 0 radical (unpaired) electrons. The van der Waals surface area contributed by atoms with E-state index in [0.29, 0.717) is 13.0 Å². The number of carbonyl (C=O) groups is 1. The van der Waals surface area contributed by atoms with E-state index in [1.54, 1.807) is 0 Å². The topological polar surface area (TPSA) is 75.7 Å². The van der Waals surface area contributed by atoms with E-state index in [-0.39, 0.29) is 6.04 Å². The molecule has 1 fully saturated rings. The van der Waals surface area contributed by atoms with Gasteiger partial charge in [-0.25, -0.2) is 9.52 Å². The quantitative estimate of drug-likeness (QED) is 0.744. The van der Waals surface area contributed by atoms with Crippen LogP contribution in [0, 0.1) is 0 Å². The number of alkyl halides is 1. The molecule has 1 aliphatic rings. The van der Waals surface area contributed by atoms with E-state index in [4.69, 9.17) is 0 Å². The van der Waals surface area contributed by atoms with Crippen molar-refractivity contribution in [2.45, 2.75) is 31.7 Å². The van der Waals surface area contributed by atoms with E-state index in [1.165, 1.54) is 4.31 Å².